The molecule has 4 nitrogen and oxygen atoms in total. The maximum Gasteiger partial charge on any atom is 0.0665 e. The number of nitrogens with one attached hydrogen (secondary N) is 1. The van der Waals surface area contributed by atoms with Gasteiger partial charge in [-0.3, -0.25) is 9.98 Å². The molecule has 0 fully saturated rings. The molecule has 1 unspecified atom stereocenters. The Balaban J connectivity index is 0.000000248. The summed E-state index contributed by atoms with van der Waals surface area (Å²) in [5, 5.41) is 4.03. The van der Waals surface area contributed by atoms with Crippen molar-refractivity contribution in [3.63, 3.8) is 0 Å². The Bertz CT molecular complexity index is 1880. The third kappa shape index (κ3) is 12.4. The average Bonchev–Trinajstić information content (AvgIpc) is 3.41. The summed E-state index contributed by atoms with van der Waals surface area (Å²) in [5.41, 5.74) is 12.8. The van der Waals surface area contributed by atoms with E-state index < -0.39 is 0 Å². The van der Waals surface area contributed by atoms with E-state index in [1.54, 1.807) is 29.7 Å². The van der Waals surface area contributed by atoms with Gasteiger partial charge in [-0.1, -0.05) is 84.4 Å². The van der Waals surface area contributed by atoms with Gasteiger partial charge in [-0.05, 0) is 92.6 Å². The van der Waals surface area contributed by atoms with Crippen molar-refractivity contribution in [1.82, 2.24) is 5.32 Å². The molecule has 0 bridgehead atoms. The lowest BCUT2D eigenvalue weighted by Gasteiger charge is -2.14. The average molecular weight is 744 g/mol. The lowest BCUT2D eigenvalue weighted by Crippen LogP contribution is -1.92. The molecule has 4 aromatic rings. The number of nitrogens with two attached hydrogens (primary N) is 1. The summed E-state index contributed by atoms with van der Waals surface area (Å²) in [5.74, 6) is 0. The Morgan fingerprint density at radius 3 is 2.14 bits per heavy atom. The number of nitrogens with zero attached hydrogens (tertiary/aromatic N) is 2. The fraction of sp³-hybridized carbons (Fsp3) is 0.150. The Hall–Kier alpha value is -3.59. The normalized spacial score (nSPS) is 13.8. The van der Waals surface area contributed by atoms with Crippen LogP contribution in [-0.2, 0) is 0 Å². The first-order valence-electron chi connectivity index (χ1n) is 15.8. The summed E-state index contributed by atoms with van der Waals surface area (Å²) in [7, 11) is 1.81. The molecule has 0 saturated heterocycles. The maximum absolute atomic E-state index is 6.69. The zero-order chi connectivity index (χ0) is 35.0. The number of aliphatic imine (C=N–C) groups is 2. The molecule has 6 rings (SSSR count). The number of hydrogen-bond acceptors (Lipinski definition) is 7. The second kappa shape index (κ2) is 20.2. The minimum absolute atomic E-state index is 0.293. The molecule has 2 heterocycles. The van der Waals surface area contributed by atoms with Crippen LogP contribution in [0.4, 0.5) is 5.69 Å². The van der Waals surface area contributed by atoms with Crippen LogP contribution in [0, 0.1) is 0 Å². The number of benzene rings is 4. The molecule has 0 radical (unpaired) electrons. The molecule has 3 N–H and O–H groups in total. The molecule has 4 aromatic carbocycles. The quantitative estimate of drug-likeness (QED) is 0.0728. The van der Waals surface area contributed by atoms with Crippen molar-refractivity contribution in [1.29, 1.82) is 0 Å². The van der Waals surface area contributed by atoms with E-state index in [-0.39, 0.29) is 0 Å². The highest BCUT2D eigenvalue weighted by Crippen LogP contribution is 2.39. The van der Waals surface area contributed by atoms with Gasteiger partial charge >= 0.3 is 0 Å². The Labute approximate surface area is 314 Å². The highest BCUT2D eigenvalue weighted by atomic mass is 35.5. The van der Waals surface area contributed by atoms with E-state index in [0.29, 0.717) is 15.3 Å². The topological polar surface area (TPSA) is 62.8 Å². The van der Waals surface area contributed by atoms with Crippen LogP contribution in [-0.4, -0.2) is 24.1 Å². The summed E-state index contributed by atoms with van der Waals surface area (Å²) < 4.78 is 0.293. The lowest BCUT2D eigenvalue weighted by atomic mass is 10.0. The Morgan fingerprint density at radius 1 is 0.837 bits per heavy atom. The van der Waals surface area contributed by atoms with Crippen molar-refractivity contribution in [2.75, 3.05) is 12.8 Å². The highest BCUT2D eigenvalue weighted by Gasteiger charge is 2.12. The smallest absolute Gasteiger partial charge is 0.0665 e. The second-order valence-corrected chi connectivity index (χ2v) is 15.2. The number of rotatable bonds is 8. The third-order valence-corrected chi connectivity index (χ3v) is 10.3. The molecule has 0 aromatic heterocycles. The Morgan fingerprint density at radius 2 is 1.49 bits per heavy atom. The molecule has 252 valence electrons. The maximum atomic E-state index is 6.69. The summed E-state index contributed by atoms with van der Waals surface area (Å²) in [4.78, 5) is 12.1. The molecule has 49 heavy (non-hydrogen) atoms. The third-order valence-electron chi connectivity index (χ3n) is 7.08. The van der Waals surface area contributed by atoms with E-state index in [4.69, 9.17) is 28.9 Å². The fourth-order valence-electron chi connectivity index (χ4n) is 4.69. The minimum Gasteiger partial charge on any atom is -0.398 e. The predicted octanol–water partition coefficient (Wildman–Crippen LogP) is 12.4. The first-order chi connectivity index (χ1) is 23.8. The van der Waals surface area contributed by atoms with Crippen LogP contribution < -0.4 is 11.1 Å². The van der Waals surface area contributed by atoms with Gasteiger partial charge in [0.1, 0.15) is 0 Å². The molecular weight excluding hydrogens is 704 g/mol. The van der Waals surface area contributed by atoms with Gasteiger partial charge in [0.2, 0.25) is 0 Å². The number of hydrogen-bond donors (Lipinski definition) is 3. The molecule has 9 heteroatoms. The first-order valence-corrected chi connectivity index (χ1v) is 18.7. The number of allylic oxidation sites excluding steroid dienone is 4. The van der Waals surface area contributed by atoms with Gasteiger partial charge in [0.05, 0.1) is 26.7 Å². The van der Waals surface area contributed by atoms with Gasteiger partial charge in [-0.15, -0.1) is 36.2 Å². The van der Waals surface area contributed by atoms with E-state index in [0.717, 1.165) is 72.6 Å². The summed E-state index contributed by atoms with van der Waals surface area (Å²) in [6.45, 7) is 5.54. The van der Waals surface area contributed by atoms with E-state index in [9.17, 15) is 0 Å². The van der Waals surface area contributed by atoms with Crippen molar-refractivity contribution in [2.45, 2.75) is 45.5 Å². The molecule has 0 saturated carbocycles. The number of anilines is 1. The number of thiol groups is 1. The monoisotopic (exact) mass is 742 g/mol. The van der Waals surface area contributed by atoms with E-state index in [1.165, 1.54) is 0 Å². The van der Waals surface area contributed by atoms with Crippen LogP contribution in [0.3, 0.4) is 0 Å². The van der Waals surface area contributed by atoms with Crippen molar-refractivity contribution < 1.29 is 0 Å². The number of halogens is 2. The van der Waals surface area contributed by atoms with Gasteiger partial charge < -0.3 is 11.1 Å². The molecule has 2 aliphatic heterocycles. The molecular formula is C40H40Cl2N4S3. The molecule has 1 atom stereocenters. The van der Waals surface area contributed by atoms with Crippen molar-refractivity contribution in [3.05, 3.63) is 143 Å². The van der Waals surface area contributed by atoms with E-state index in [1.807, 2.05) is 74.1 Å². The van der Waals surface area contributed by atoms with Crippen molar-refractivity contribution in [3.8, 4) is 11.1 Å². The van der Waals surface area contributed by atoms with Crippen LogP contribution in [0.15, 0.2) is 147 Å². The SMILES string of the molecule is C=CNC.CC(Sc1ccc(N)c(Cl)c1)Sc1ccc(-c2cccc(C3=CCCC=N3)c2)c(Cl)c1.Sc1cccc(C2=CCC=CC=N2)c1. The zero-order valence-electron chi connectivity index (χ0n) is 27.5. The second-order valence-electron chi connectivity index (χ2n) is 10.8. The van der Waals surface area contributed by atoms with Crippen LogP contribution in [0.25, 0.3) is 22.5 Å². The summed E-state index contributed by atoms with van der Waals surface area (Å²) >= 11 is 20.6. The molecule has 0 amide bonds. The molecule has 2 aliphatic rings. The predicted molar refractivity (Wildman–Crippen MR) is 223 cm³/mol. The first kappa shape index (κ1) is 38.2. The molecule has 0 spiro atoms. The Kier molecular flexibility index (Phi) is 15.7. The van der Waals surface area contributed by atoms with Crippen molar-refractivity contribution in [2.24, 2.45) is 9.98 Å². The van der Waals surface area contributed by atoms with Gasteiger partial charge in [0, 0.05) is 55.9 Å². The summed E-state index contributed by atoms with van der Waals surface area (Å²) in [6.07, 6.45) is 16.8. The fourth-order valence-corrected chi connectivity index (χ4v) is 7.81. The van der Waals surface area contributed by atoms with Gasteiger partial charge in [0.25, 0.3) is 0 Å². The van der Waals surface area contributed by atoms with Gasteiger partial charge in [-0.2, -0.15) is 0 Å². The largest absolute Gasteiger partial charge is 0.398 e. The van der Waals surface area contributed by atoms with Gasteiger partial charge in [-0.25, -0.2) is 0 Å². The van der Waals surface area contributed by atoms with Crippen molar-refractivity contribution >= 4 is 88.9 Å². The number of nitrogen functional groups attached to an aromatic ring is 1. The van der Waals surface area contributed by atoms with E-state index >= 15 is 0 Å². The summed E-state index contributed by atoms with van der Waals surface area (Å²) in [6, 6.07) is 28.5. The van der Waals surface area contributed by atoms with Crippen LogP contribution in [0.1, 0.15) is 37.3 Å². The standard InChI is InChI=1S/C25H22Cl2N2S2.C12H11NS.C3H7N/c1-16(31-20-9-11-24(28)23(27)15-20)30-19-8-10-21(22(26)14-19)17-5-4-6-18(13-17)25-7-2-3-12-29-25;14-11-6-4-5-10(9-11)12-7-2-1-3-8-13-12;1-3-4-2/h4-16H,2-3,28H2,1H3;1,3-9,14H,2H2;3-4H,1H2,2H3. The van der Waals surface area contributed by atoms with Crippen LogP contribution in [0.5, 0.6) is 0 Å². The zero-order valence-corrected chi connectivity index (χ0v) is 31.6. The van der Waals surface area contributed by atoms with E-state index in [2.05, 4.69) is 96.1 Å². The van der Waals surface area contributed by atoms with Crippen LogP contribution in [0.2, 0.25) is 10.0 Å². The number of thioether (sulfide) groups is 2. The van der Waals surface area contributed by atoms with Crippen LogP contribution >= 0.6 is 59.4 Å². The minimum atomic E-state index is 0.293. The lowest BCUT2D eigenvalue weighted by molar-refractivity contribution is 1.09. The van der Waals surface area contributed by atoms with Gasteiger partial charge in [0.15, 0.2) is 0 Å². The molecule has 0 aliphatic carbocycles. The highest BCUT2D eigenvalue weighted by molar-refractivity contribution is 8.17.